The fourth-order valence-electron chi connectivity index (χ4n) is 2.83. The number of nitrogens with zero attached hydrogens (tertiary/aromatic N) is 1. The van der Waals surface area contributed by atoms with Crippen LogP contribution in [0.2, 0.25) is 0 Å². The van der Waals surface area contributed by atoms with E-state index in [0.717, 1.165) is 24.0 Å². The average molecular weight is 310 g/mol. The van der Waals surface area contributed by atoms with Crippen LogP contribution in [0.5, 0.6) is 0 Å². The van der Waals surface area contributed by atoms with E-state index in [1.807, 2.05) is 37.3 Å². The molecule has 0 aromatic heterocycles. The predicted octanol–water partition coefficient (Wildman–Crippen LogP) is 3.50. The van der Waals surface area contributed by atoms with Gasteiger partial charge in [0.05, 0.1) is 16.4 Å². The smallest absolute Gasteiger partial charge is 0.269 e. The van der Waals surface area contributed by atoms with E-state index in [1.165, 1.54) is 12.1 Å². The van der Waals surface area contributed by atoms with Crippen molar-refractivity contribution >= 4 is 11.6 Å². The van der Waals surface area contributed by atoms with E-state index in [0.29, 0.717) is 0 Å². The highest BCUT2D eigenvalue weighted by atomic mass is 16.6. The van der Waals surface area contributed by atoms with Gasteiger partial charge in [-0.3, -0.25) is 14.9 Å². The lowest BCUT2D eigenvalue weighted by Gasteiger charge is -2.20. The van der Waals surface area contributed by atoms with E-state index in [2.05, 4.69) is 5.32 Å². The maximum Gasteiger partial charge on any atom is 0.269 e. The Morgan fingerprint density at radius 1 is 1.13 bits per heavy atom. The molecule has 3 rings (SSSR count). The molecule has 0 aliphatic heterocycles. The molecule has 1 aliphatic rings. The molecular formula is C18H18N2O3. The minimum Gasteiger partial charge on any atom is -0.349 e. The number of nitrogens with one attached hydrogen (secondary N) is 1. The summed E-state index contributed by atoms with van der Waals surface area (Å²) in [6.45, 7) is 1.96. The second-order valence-corrected chi connectivity index (χ2v) is 5.99. The molecule has 0 heterocycles. The number of carbonyl (C=O) groups excluding carboxylic acids is 1. The van der Waals surface area contributed by atoms with Crippen LogP contribution in [0.15, 0.2) is 54.6 Å². The van der Waals surface area contributed by atoms with Crippen LogP contribution in [0.4, 0.5) is 5.69 Å². The topological polar surface area (TPSA) is 72.2 Å². The monoisotopic (exact) mass is 310 g/mol. The lowest BCUT2D eigenvalue weighted by molar-refractivity contribution is -0.384. The van der Waals surface area contributed by atoms with Crippen molar-refractivity contribution in [2.24, 2.45) is 0 Å². The first-order chi connectivity index (χ1) is 11.0. The third-order valence-corrected chi connectivity index (χ3v) is 4.46. The van der Waals surface area contributed by atoms with Gasteiger partial charge in [-0.2, -0.15) is 0 Å². The van der Waals surface area contributed by atoms with Gasteiger partial charge in [0.2, 0.25) is 5.91 Å². The molecule has 0 saturated heterocycles. The maximum absolute atomic E-state index is 12.7. The molecule has 1 saturated carbocycles. The Morgan fingerprint density at radius 2 is 1.74 bits per heavy atom. The number of rotatable bonds is 5. The first-order valence-electron chi connectivity index (χ1n) is 7.64. The Bertz CT molecular complexity index is 722. The molecule has 1 amide bonds. The Morgan fingerprint density at radius 3 is 2.26 bits per heavy atom. The van der Waals surface area contributed by atoms with Crippen molar-refractivity contribution in [3.8, 4) is 0 Å². The zero-order valence-electron chi connectivity index (χ0n) is 12.9. The highest BCUT2D eigenvalue weighted by molar-refractivity contribution is 5.91. The van der Waals surface area contributed by atoms with Gasteiger partial charge in [0.15, 0.2) is 0 Å². The fourth-order valence-corrected chi connectivity index (χ4v) is 2.83. The van der Waals surface area contributed by atoms with E-state index < -0.39 is 10.3 Å². The van der Waals surface area contributed by atoms with Crippen LogP contribution < -0.4 is 5.32 Å². The molecule has 1 aliphatic carbocycles. The van der Waals surface area contributed by atoms with Gasteiger partial charge in [-0.15, -0.1) is 0 Å². The van der Waals surface area contributed by atoms with Gasteiger partial charge >= 0.3 is 0 Å². The molecule has 1 N–H and O–H groups in total. The van der Waals surface area contributed by atoms with Gasteiger partial charge in [-0.05, 0) is 30.9 Å². The molecule has 0 unspecified atom stereocenters. The van der Waals surface area contributed by atoms with Crippen LogP contribution in [0.25, 0.3) is 0 Å². The molecule has 5 heteroatoms. The van der Waals surface area contributed by atoms with Crippen LogP contribution >= 0.6 is 0 Å². The zero-order valence-corrected chi connectivity index (χ0v) is 12.9. The molecular weight excluding hydrogens is 292 g/mol. The van der Waals surface area contributed by atoms with Crippen molar-refractivity contribution in [1.29, 1.82) is 0 Å². The van der Waals surface area contributed by atoms with Gasteiger partial charge < -0.3 is 5.32 Å². The van der Waals surface area contributed by atoms with Crippen LogP contribution in [-0.2, 0) is 10.2 Å². The highest BCUT2D eigenvalue weighted by Crippen LogP contribution is 2.49. The summed E-state index contributed by atoms with van der Waals surface area (Å²) in [6.07, 6.45) is 1.55. The second-order valence-electron chi connectivity index (χ2n) is 5.99. The van der Waals surface area contributed by atoms with E-state index in [4.69, 9.17) is 0 Å². The average Bonchev–Trinajstić information content (AvgIpc) is 3.37. The normalized spacial score (nSPS) is 16.4. The largest absolute Gasteiger partial charge is 0.349 e. The van der Waals surface area contributed by atoms with Crippen molar-refractivity contribution < 1.29 is 9.72 Å². The summed E-state index contributed by atoms with van der Waals surface area (Å²) >= 11 is 0. The van der Waals surface area contributed by atoms with Crippen LogP contribution in [0.3, 0.4) is 0 Å². The Hall–Kier alpha value is -2.69. The quantitative estimate of drug-likeness (QED) is 0.678. The van der Waals surface area contributed by atoms with Crippen molar-refractivity contribution in [2.75, 3.05) is 0 Å². The van der Waals surface area contributed by atoms with Gasteiger partial charge in [0, 0.05) is 12.1 Å². The third kappa shape index (κ3) is 2.95. The molecule has 2 aromatic rings. The standard InChI is InChI=1S/C18H18N2O3/c1-13(14-5-3-2-4-6-14)19-17(21)18(11-12-18)15-7-9-16(10-8-15)20(22)23/h2-10,13H,11-12H2,1H3,(H,19,21)/t13-/m1/s1. The number of carbonyl (C=O) groups is 1. The minimum absolute atomic E-state index is 0.0114. The summed E-state index contributed by atoms with van der Waals surface area (Å²) in [4.78, 5) is 23.0. The number of benzene rings is 2. The lowest BCUT2D eigenvalue weighted by atomic mass is 9.94. The molecule has 0 spiro atoms. The highest BCUT2D eigenvalue weighted by Gasteiger charge is 2.51. The third-order valence-electron chi connectivity index (χ3n) is 4.46. The second kappa shape index (κ2) is 5.83. The number of hydrogen-bond acceptors (Lipinski definition) is 3. The van der Waals surface area contributed by atoms with Gasteiger partial charge in [0.25, 0.3) is 5.69 Å². The van der Waals surface area contributed by atoms with Gasteiger partial charge in [-0.1, -0.05) is 42.5 Å². The SMILES string of the molecule is C[C@@H](NC(=O)C1(c2ccc([N+](=O)[O-])cc2)CC1)c1ccccc1. The first kappa shape index (κ1) is 15.2. The van der Waals surface area contributed by atoms with Crippen molar-refractivity contribution in [3.05, 3.63) is 75.8 Å². The minimum atomic E-state index is -0.530. The van der Waals surface area contributed by atoms with Crippen molar-refractivity contribution in [1.82, 2.24) is 5.32 Å². The Labute approximate surface area is 134 Å². The van der Waals surface area contributed by atoms with E-state index in [9.17, 15) is 14.9 Å². The van der Waals surface area contributed by atoms with Crippen LogP contribution in [0, 0.1) is 10.1 Å². The van der Waals surface area contributed by atoms with Gasteiger partial charge in [0.1, 0.15) is 0 Å². The zero-order chi connectivity index (χ0) is 16.4. The van der Waals surface area contributed by atoms with E-state index >= 15 is 0 Å². The molecule has 1 fully saturated rings. The Balaban J connectivity index is 1.75. The lowest BCUT2D eigenvalue weighted by Crippen LogP contribution is -2.36. The van der Waals surface area contributed by atoms with Crippen LogP contribution in [-0.4, -0.2) is 10.8 Å². The fraction of sp³-hybridized carbons (Fsp3) is 0.278. The number of nitro groups is 1. The number of amides is 1. The first-order valence-corrected chi connectivity index (χ1v) is 7.64. The van der Waals surface area contributed by atoms with Gasteiger partial charge in [-0.25, -0.2) is 0 Å². The summed E-state index contributed by atoms with van der Waals surface area (Å²) in [6, 6.07) is 16.0. The summed E-state index contributed by atoms with van der Waals surface area (Å²) in [5.74, 6) is -0.0114. The van der Waals surface area contributed by atoms with Crippen LogP contribution in [0.1, 0.15) is 36.9 Å². The van der Waals surface area contributed by atoms with E-state index in [1.54, 1.807) is 12.1 Å². The van der Waals surface area contributed by atoms with E-state index in [-0.39, 0.29) is 17.6 Å². The molecule has 0 radical (unpaired) electrons. The summed E-state index contributed by atoms with van der Waals surface area (Å²) in [7, 11) is 0. The molecule has 2 aromatic carbocycles. The number of nitro benzene ring substituents is 1. The number of hydrogen-bond donors (Lipinski definition) is 1. The predicted molar refractivity (Wildman–Crippen MR) is 87.0 cm³/mol. The number of non-ortho nitro benzene ring substituents is 1. The molecule has 1 atom stereocenters. The summed E-state index contributed by atoms with van der Waals surface area (Å²) < 4.78 is 0. The molecule has 23 heavy (non-hydrogen) atoms. The maximum atomic E-state index is 12.7. The molecule has 0 bridgehead atoms. The summed E-state index contributed by atoms with van der Waals surface area (Å²) in [5.41, 5.74) is 1.42. The Kier molecular flexibility index (Phi) is 3.86. The van der Waals surface area contributed by atoms with Crippen molar-refractivity contribution in [2.45, 2.75) is 31.2 Å². The van der Waals surface area contributed by atoms with Crippen molar-refractivity contribution in [3.63, 3.8) is 0 Å². The molecule has 5 nitrogen and oxygen atoms in total. The molecule has 118 valence electrons. The summed E-state index contributed by atoms with van der Waals surface area (Å²) in [5, 5.41) is 13.8.